The predicted octanol–water partition coefficient (Wildman–Crippen LogP) is 3.46. The van der Waals surface area contributed by atoms with Crippen LogP contribution in [-0.4, -0.2) is 30.6 Å². The van der Waals surface area contributed by atoms with Crippen LogP contribution in [0, 0.1) is 13.8 Å². The number of hydrogen-bond donors (Lipinski definition) is 1. The van der Waals surface area contributed by atoms with Crippen LogP contribution in [0.4, 0.5) is 0 Å². The Bertz CT molecular complexity index is 821. The summed E-state index contributed by atoms with van der Waals surface area (Å²) in [7, 11) is 1.44. The topological polar surface area (TPSA) is 72.8 Å². The SMILES string of the molecule is COc1cc(/C=C/C(=O)OCC(=O)c2ccc(C)cc2C)ccc1O. The van der Waals surface area contributed by atoms with Gasteiger partial charge < -0.3 is 14.6 Å². The van der Waals surface area contributed by atoms with E-state index in [4.69, 9.17) is 9.47 Å². The molecule has 0 heterocycles. The maximum atomic E-state index is 12.1. The molecule has 0 atom stereocenters. The molecule has 0 aliphatic carbocycles. The number of carbonyl (C=O) groups is 2. The summed E-state index contributed by atoms with van der Waals surface area (Å²) in [5.74, 6) is -0.544. The number of benzene rings is 2. The predicted molar refractivity (Wildman–Crippen MR) is 94.9 cm³/mol. The second kappa shape index (κ2) is 8.15. The largest absolute Gasteiger partial charge is 0.504 e. The van der Waals surface area contributed by atoms with Crippen molar-refractivity contribution < 1.29 is 24.2 Å². The second-order valence-electron chi connectivity index (χ2n) is 5.61. The fraction of sp³-hybridized carbons (Fsp3) is 0.200. The summed E-state index contributed by atoms with van der Waals surface area (Å²) < 4.78 is 9.98. The van der Waals surface area contributed by atoms with Crippen LogP contribution in [0.1, 0.15) is 27.0 Å². The lowest BCUT2D eigenvalue weighted by molar-refractivity contribution is -0.136. The van der Waals surface area contributed by atoms with Gasteiger partial charge in [0.1, 0.15) is 0 Å². The smallest absolute Gasteiger partial charge is 0.331 e. The lowest BCUT2D eigenvalue weighted by atomic mass is 10.0. The summed E-state index contributed by atoms with van der Waals surface area (Å²) in [6.07, 6.45) is 2.74. The van der Waals surface area contributed by atoms with Crippen molar-refractivity contribution in [3.8, 4) is 11.5 Å². The van der Waals surface area contributed by atoms with Crippen molar-refractivity contribution in [3.05, 3.63) is 64.7 Å². The summed E-state index contributed by atoms with van der Waals surface area (Å²) in [4.78, 5) is 23.9. The van der Waals surface area contributed by atoms with Gasteiger partial charge in [0.2, 0.25) is 5.78 Å². The van der Waals surface area contributed by atoms with Gasteiger partial charge >= 0.3 is 5.97 Å². The van der Waals surface area contributed by atoms with E-state index in [9.17, 15) is 14.7 Å². The van der Waals surface area contributed by atoms with Crippen LogP contribution in [0.2, 0.25) is 0 Å². The van der Waals surface area contributed by atoms with Crippen molar-refractivity contribution >= 4 is 17.8 Å². The fourth-order valence-electron chi connectivity index (χ4n) is 2.35. The second-order valence-corrected chi connectivity index (χ2v) is 5.61. The molecule has 0 aliphatic heterocycles. The van der Waals surface area contributed by atoms with E-state index in [0.717, 1.165) is 11.1 Å². The zero-order chi connectivity index (χ0) is 18.4. The van der Waals surface area contributed by atoms with Crippen LogP contribution in [0.3, 0.4) is 0 Å². The van der Waals surface area contributed by atoms with Crippen molar-refractivity contribution in [1.82, 2.24) is 0 Å². The van der Waals surface area contributed by atoms with Crippen LogP contribution in [0.25, 0.3) is 6.08 Å². The Kier molecular flexibility index (Phi) is 5.95. The summed E-state index contributed by atoms with van der Waals surface area (Å²) in [6.45, 7) is 3.48. The number of aromatic hydroxyl groups is 1. The summed E-state index contributed by atoms with van der Waals surface area (Å²) in [6, 6.07) is 10.2. The van der Waals surface area contributed by atoms with E-state index in [1.54, 1.807) is 18.2 Å². The van der Waals surface area contributed by atoms with Crippen molar-refractivity contribution in [2.45, 2.75) is 13.8 Å². The number of aryl methyl sites for hydroxylation is 2. The van der Waals surface area contributed by atoms with E-state index in [2.05, 4.69) is 0 Å². The lowest BCUT2D eigenvalue weighted by Gasteiger charge is -2.06. The zero-order valence-electron chi connectivity index (χ0n) is 14.4. The van der Waals surface area contributed by atoms with Crippen LogP contribution < -0.4 is 4.74 Å². The molecule has 2 rings (SSSR count). The third kappa shape index (κ3) is 4.94. The number of Topliss-reactive ketones (excluding diaryl/α,β-unsaturated/α-hetero) is 1. The molecule has 5 heteroatoms. The van der Waals surface area contributed by atoms with E-state index in [-0.39, 0.29) is 18.1 Å². The van der Waals surface area contributed by atoms with Gasteiger partial charge in [0, 0.05) is 11.6 Å². The van der Waals surface area contributed by atoms with Gasteiger partial charge in [-0.05, 0) is 43.2 Å². The first kappa shape index (κ1) is 18.3. The third-order valence-corrected chi connectivity index (χ3v) is 3.64. The molecule has 2 aromatic carbocycles. The minimum Gasteiger partial charge on any atom is -0.504 e. The highest BCUT2D eigenvalue weighted by Crippen LogP contribution is 2.26. The quantitative estimate of drug-likeness (QED) is 0.495. The van der Waals surface area contributed by atoms with E-state index < -0.39 is 5.97 Å². The highest BCUT2D eigenvalue weighted by Gasteiger charge is 2.11. The number of phenolic OH excluding ortho intramolecular Hbond substituents is 1. The Morgan fingerprint density at radius 3 is 2.56 bits per heavy atom. The highest BCUT2D eigenvalue weighted by molar-refractivity contribution is 6.00. The molecule has 0 fully saturated rings. The molecule has 0 amide bonds. The van der Waals surface area contributed by atoms with E-state index in [1.807, 2.05) is 26.0 Å². The van der Waals surface area contributed by atoms with Crippen LogP contribution in [0.15, 0.2) is 42.5 Å². The molecule has 0 unspecified atom stereocenters. The van der Waals surface area contributed by atoms with Crippen molar-refractivity contribution in [3.63, 3.8) is 0 Å². The normalized spacial score (nSPS) is 10.7. The molecule has 0 saturated heterocycles. The molecule has 1 N–H and O–H groups in total. The monoisotopic (exact) mass is 340 g/mol. The fourth-order valence-corrected chi connectivity index (χ4v) is 2.35. The van der Waals surface area contributed by atoms with Gasteiger partial charge in [0.25, 0.3) is 0 Å². The van der Waals surface area contributed by atoms with Crippen LogP contribution in [-0.2, 0) is 9.53 Å². The standard InChI is InChI=1S/C20H20O5/c1-13-4-7-16(14(2)10-13)18(22)12-25-20(23)9-6-15-5-8-17(21)19(11-15)24-3/h4-11,21H,12H2,1-3H3/b9-6+. The number of rotatable bonds is 6. The van der Waals surface area contributed by atoms with E-state index in [1.165, 1.54) is 25.3 Å². The van der Waals surface area contributed by atoms with Gasteiger partial charge in [0.15, 0.2) is 18.1 Å². The molecule has 5 nitrogen and oxygen atoms in total. The van der Waals surface area contributed by atoms with E-state index in [0.29, 0.717) is 16.9 Å². The molecule has 25 heavy (non-hydrogen) atoms. The first-order valence-corrected chi connectivity index (χ1v) is 7.73. The zero-order valence-corrected chi connectivity index (χ0v) is 14.4. The number of hydrogen-bond acceptors (Lipinski definition) is 5. The maximum Gasteiger partial charge on any atom is 0.331 e. The third-order valence-electron chi connectivity index (χ3n) is 3.64. The minimum atomic E-state index is -0.620. The number of methoxy groups -OCH3 is 1. The van der Waals surface area contributed by atoms with Crippen molar-refractivity contribution in [1.29, 1.82) is 0 Å². The van der Waals surface area contributed by atoms with Gasteiger partial charge in [-0.1, -0.05) is 29.8 Å². The number of ether oxygens (including phenoxy) is 2. The van der Waals surface area contributed by atoms with E-state index >= 15 is 0 Å². The molecule has 0 bridgehead atoms. The molecule has 2 aromatic rings. The molecule has 0 radical (unpaired) electrons. The molecule has 0 aromatic heterocycles. The molecular weight excluding hydrogens is 320 g/mol. The molecule has 0 saturated carbocycles. The Hall–Kier alpha value is -3.08. The van der Waals surface area contributed by atoms with Gasteiger partial charge in [-0.25, -0.2) is 4.79 Å². The molecule has 130 valence electrons. The summed E-state index contributed by atoms with van der Waals surface area (Å²) in [5, 5.41) is 9.53. The first-order valence-electron chi connectivity index (χ1n) is 7.73. The Morgan fingerprint density at radius 2 is 1.88 bits per heavy atom. The number of ketones is 1. The molecule has 0 aliphatic rings. The lowest BCUT2D eigenvalue weighted by Crippen LogP contribution is -2.13. The highest BCUT2D eigenvalue weighted by atomic mass is 16.5. The number of carbonyl (C=O) groups excluding carboxylic acids is 2. The first-order chi connectivity index (χ1) is 11.9. The Balaban J connectivity index is 1.95. The van der Waals surface area contributed by atoms with Gasteiger partial charge in [-0.2, -0.15) is 0 Å². The van der Waals surface area contributed by atoms with Crippen molar-refractivity contribution in [2.75, 3.05) is 13.7 Å². The van der Waals surface area contributed by atoms with Gasteiger partial charge in [0.05, 0.1) is 7.11 Å². The minimum absolute atomic E-state index is 0.0151. The Labute approximate surface area is 146 Å². The Morgan fingerprint density at radius 1 is 1.12 bits per heavy atom. The average molecular weight is 340 g/mol. The maximum absolute atomic E-state index is 12.1. The molecular formula is C20H20O5. The van der Waals surface area contributed by atoms with Gasteiger partial charge in [-0.3, -0.25) is 4.79 Å². The summed E-state index contributed by atoms with van der Waals surface area (Å²) in [5.41, 5.74) is 3.13. The van der Waals surface area contributed by atoms with Crippen molar-refractivity contribution in [2.24, 2.45) is 0 Å². The average Bonchev–Trinajstić information content (AvgIpc) is 2.59. The van der Waals surface area contributed by atoms with Crippen LogP contribution >= 0.6 is 0 Å². The number of phenols is 1. The summed E-state index contributed by atoms with van der Waals surface area (Å²) >= 11 is 0. The molecule has 0 spiro atoms. The number of esters is 1. The van der Waals surface area contributed by atoms with Crippen LogP contribution in [0.5, 0.6) is 11.5 Å². The van der Waals surface area contributed by atoms with Gasteiger partial charge in [-0.15, -0.1) is 0 Å².